The predicted molar refractivity (Wildman–Crippen MR) is 109 cm³/mol. The molecule has 1 heterocycles. The van der Waals surface area contributed by atoms with Crippen LogP contribution in [0.2, 0.25) is 0 Å². The van der Waals surface area contributed by atoms with Crippen molar-refractivity contribution in [1.29, 1.82) is 0 Å². The summed E-state index contributed by atoms with van der Waals surface area (Å²) >= 11 is 0. The van der Waals surface area contributed by atoms with Crippen molar-refractivity contribution in [2.75, 3.05) is 5.32 Å². The van der Waals surface area contributed by atoms with Crippen LogP contribution in [0.4, 0.5) is 5.69 Å². The number of halogens is 2. The number of carbonyl (C=O) groups excluding carboxylic acids is 1. The summed E-state index contributed by atoms with van der Waals surface area (Å²) in [5.74, 6) is 2.13. The van der Waals surface area contributed by atoms with E-state index in [1.54, 1.807) is 12.4 Å². The average molecular weight is 397 g/mol. The van der Waals surface area contributed by atoms with Crippen molar-refractivity contribution >= 4 is 36.4 Å². The summed E-state index contributed by atoms with van der Waals surface area (Å²) in [7, 11) is 0. The van der Waals surface area contributed by atoms with E-state index in [9.17, 15) is 4.79 Å². The summed E-state index contributed by atoms with van der Waals surface area (Å²) in [6.45, 7) is 0. The Kier molecular flexibility index (Phi) is 7.09. The van der Waals surface area contributed by atoms with Gasteiger partial charge in [0.25, 0.3) is 0 Å². The van der Waals surface area contributed by atoms with Gasteiger partial charge in [-0.05, 0) is 61.8 Å². The lowest BCUT2D eigenvalue weighted by atomic mass is 9.65. The van der Waals surface area contributed by atoms with Gasteiger partial charge in [-0.3, -0.25) is 4.79 Å². The average Bonchev–Trinajstić information content (AvgIpc) is 3.09. The normalized spacial score (nSPS) is 27.0. The first kappa shape index (κ1) is 20.7. The van der Waals surface area contributed by atoms with E-state index in [-0.39, 0.29) is 36.6 Å². The van der Waals surface area contributed by atoms with Crippen LogP contribution in [0.25, 0.3) is 11.4 Å². The minimum absolute atomic E-state index is 0. The van der Waals surface area contributed by atoms with E-state index in [4.69, 9.17) is 5.73 Å². The lowest BCUT2D eigenvalue weighted by Crippen LogP contribution is -2.48. The Morgan fingerprint density at radius 3 is 2.35 bits per heavy atom. The fourth-order valence-electron chi connectivity index (χ4n) is 4.38. The highest BCUT2D eigenvalue weighted by Gasteiger charge is 2.40. The molecule has 142 valence electrons. The van der Waals surface area contributed by atoms with Crippen molar-refractivity contribution in [1.82, 2.24) is 9.97 Å². The molecule has 2 aliphatic rings. The smallest absolute Gasteiger partial charge is 0.227 e. The first-order valence-electron chi connectivity index (χ1n) is 8.87. The number of hydrogen-bond donors (Lipinski definition) is 3. The van der Waals surface area contributed by atoms with E-state index in [2.05, 4.69) is 15.3 Å². The highest BCUT2D eigenvalue weighted by Crippen LogP contribution is 2.42. The SMILES string of the molecule is Cl.Cl.NC1C2CCCC1CC(C(=O)Nc1ccc(-c3ncc[nH]3)cc1)C2. The molecular formula is C19H26Cl2N4O. The number of amides is 1. The van der Waals surface area contributed by atoms with Gasteiger partial charge in [0.1, 0.15) is 5.82 Å². The molecule has 0 spiro atoms. The summed E-state index contributed by atoms with van der Waals surface area (Å²) in [6.07, 6.45) is 9.04. The molecule has 2 unspecified atom stereocenters. The zero-order valence-electron chi connectivity index (χ0n) is 14.6. The summed E-state index contributed by atoms with van der Waals surface area (Å²) < 4.78 is 0. The van der Waals surface area contributed by atoms with Crippen LogP contribution in [0.1, 0.15) is 32.1 Å². The highest BCUT2D eigenvalue weighted by atomic mass is 35.5. The maximum absolute atomic E-state index is 12.6. The molecule has 2 aliphatic carbocycles. The summed E-state index contributed by atoms with van der Waals surface area (Å²) in [5.41, 5.74) is 8.17. The quantitative estimate of drug-likeness (QED) is 0.732. The maximum atomic E-state index is 12.6. The van der Waals surface area contributed by atoms with Gasteiger partial charge in [-0.1, -0.05) is 6.42 Å². The van der Waals surface area contributed by atoms with E-state index in [1.165, 1.54) is 19.3 Å². The molecule has 2 aromatic rings. The lowest BCUT2D eigenvalue weighted by Gasteiger charge is -2.43. The van der Waals surface area contributed by atoms with Crippen molar-refractivity contribution in [3.8, 4) is 11.4 Å². The monoisotopic (exact) mass is 396 g/mol. The van der Waals surface area contributed by atoms with Gasteiger partial charge in [0.15, 0.2) is 0 Å². The number of aromatic nitrogens is 2. The lowest BCUT2D eigenvalue weighted by molar-refractivity contribution is -0.122. The summed E-state index contributed by atoms with van der Waals surface area (Å²) in [6, 6.07) is 8.12. The van der Waals surface area contributed by atoms with Gasteiger partial charge in [-0.25, -0.2) is 4.98 Å². The summed E-state index contributed by atoms with van der Waals surface area (Å²) in [5, 5.41) is 3.08. The number of nitrogens with two attached hydrogens (primary N) is 1. The standard InChI is InChI=1S/C19H24N4O.2ClH/c20-17-13-2-1-3-14(17)11-15(10-13)19(24)23-16-6-4-12(5-7-16)18-21-8-9-22-18;;/h4-9,13-15,17H,1-3,10-11,20H2,(H,21,22)(H,23,24);2*1H. The molecule has 2 bridgehead atoms. The number of anilines is 1. The molecular weight excluding hydrogens is 371 g/mol. The second-order valence-electron chi connectivity index (χ2n) is 7.20. The van der Waals surface area contributed by atoms with Crippen molar-refractivity contribution < 1.29 is 4.79 Å². The minimum atomic E-state index is 0. The fourth-order valence-corrected chi connectivity index (χ4v) is 4.38. The van der Waals surface area contributed by atoms with Crippen LogP contribution in [0.3, 0.4) is 0 Å². The first-order chi connectivity index (χ1) is 11.7. The zero-order chi connectivity index (χ0) is 16.5. The molecule has 0 radical (unpaired) electrons. The van der Waals surface area contributed by atoms with Crippen molar-refractivity contribution in [2.24, 2.45) is 23.5 Å². The number of hydrogen-bond acceptors (Lipinski definition) is 3. The van der Waals surface area contributed by atoms with Crippen molar-refractivity contribution in [2.45, 2.75) is 38.1 Å². The molecule has 1 aromatic carbocycles. The number of carbonyl (C=O) groups is 1. The number of benzene rings is 1. The van der Waals surface area contributed by atoms with Crippen LogP contribution >= 0.6 is 24.8 Å². The van der Waals surface area contributed by atoms with Crippen LogP contribution in [0, 0.1) is 17.8 Å². The summed E-state index contributed by atoms with van der Waals surface area (Å²) in [4.78, 5) is 20.0. The molecule has 0 aliphatic heterocycles. The fraction of sp³-hybridized carbons (Fsp3) is 0.474. The zero-order valence-corrected chi connectivity index (χ0v) is 16.2. The Labute approximate surface area is 166 Å². The van der Waals surface area contributed by atoms with Gasteiger partial charge in [-0.15, -0.1) is 24.8 Å². The molecule has 5 nitrogen and oxygen atoms in total. The molecule has 2 saturated carbocycles. The third-order valence-corrected chi connectivity index (χ3v) is 5.71. The molecule has 26 heavy (non-hydrogen) atoms. The molecule has 2 atom stereocenters. The third-order valence-electron chi connectivity index (χ3n) is 5.71. The third kappa shape index (κ3) is 4.22. The van der Waals surface area contributed by atoms with Crippen LogP contribution in [0.15, 0.2) is 36.7 Å². The Morgan fingerprint density at radius 2 is 1.77 bits per heavy atom. The maximum Gasteiger partial charge on any atom is 0.227 e. The van der Waals surface area contributed by atoms with E-state index in [1.807, 2.05) is 24.3 Å². The first-order valence-corrected chi connectivity index (χ1v) is 8.87. The second kappa shape index (κ2) is 8.89. The molecule has 2 fully saturated rings. The van der Waals surface area contributed by atoms with Crippen LogP contribution in [-0.4, -0.2) is 21.9 Å². The molecule has 1 aromatic heterocycles. The number of fused-ring (bicyclic) bond motifs is 2. The molecule has 1 amide bonds. The van der Waals surface area contributed by atoms with Gasteiger partial charge in [0.05, 0.1) is 0 Å². The Hall–Kier alpha value is -1.56. The van der Waals surface area contributed by atoms with E-state index < -0.39 is 0 Å². The predicted octanol–water partition coefficient (Wildman–Crippen LogP) is 4.01. The number of rotatable bonds is 3. The number of aromatic amines is 1. The highest BCUT2D eigenvalue weighted by molar-refractivity contribution is 5.92. The van der Waals surface area contributed by atoms with Crippen LogP contribution in [0.5, 0.6) is 0 Å². The van der Waals surface area contributed by atoms with Gasteiger partial charge in [0.2, 0.25) is 5.91 Å². The van der Waals surface area contributed by atoms with Gasteiger partial charge in [0, 0.05) is 35.6 Å². The Morgan fingerprint density at radius 1 is 1.12 bits per heavy atom. The molecule has 0 saturated heterocycles. The molecule has 4 rings (SSSR count). The minimum Gasteiger partial charge on any atom is -0.345 e. The molecule has 4 N–H and O–H groups in total. The van der Waals surface area contributed by atoms with E-state index >= 15 is 0 Å². The van der Waals surface area contributed by atoms with Crippen LogP contribution in [-0.2, 0) is 4.79 Å². The topological polar surface area (TPSA) is 83.8 Å². The van der Waals surface area contributed by atoms with Gasteiger partial charge in [-0.2, -0.15) is 0 Å². The Bertz CT molecular complexity index is 691. The number of H-pyrrole nitrogens is 1. The second-order valence-corrected chi connectivity index (χ2v) is 7.20. The Balaban J connectivity index is 0.00000121. The van der Waals surface area contributed by atoms with E-state index in [0.717, 1.165) is 29.9 Å². The largest absolute Gasteiger partial charge is 0.345 e. The van der Waals surface area contributed by atoms with Gasteiger partial charge >= 0.3 is 0 Å². The van der Waals surface area contributed by atoms with Gasteiger partial charge < -0.3 is 16.0 Å². The number of imidazole rings is 1. The number of nitrogens with one attached hydrogen (secondary N) is 2. The van der Waals surface area contributed by atoms with E-state index in [0.29, 0.717) is 17.9 Å². The molecule has 7 heteroatoms. The van der Waals surface area contributed by atoms with Crippen LogP contribution < -0.4 is 11.1 Å². The van der Waals surface area contributed by atoms with Crippen molar-refractivity contribution in [3.63, 3.8) is 0 Å². The number of nitrogens with zero attached hydrogens (tertiary/aromatic N) is 1. The van der Waals surface area contributed by atoms with Crippen molar-refractivity contribution in [3.05, 3.63) is 36.7 Å².